The van der Waals surface area contributed by atoms with Gasteiger partial charge in [0.2, 0.25) is 0 Å². The summed E-state index contributed by atoms with van der Waals surface area (Å²) in [6.07, 6.45) is 5.35. The number of aryl methyl sites for hydroxylation is 1. The number of aromatic nitrogens is 3. The predicted octanol–water partition coefficient (Wildman–Crippen LogP) is 3.56. The molecule has 2 aromatic carbocycles. The molecule has 170 valence electrons. The molecule has 5 rings (SSSR count). The summed E-state index contributed by atoms with van der Waals surface area (Å²) in [7, 11) is 1.69. The minimum Gasteiger partial charge on any atom is -0.497 e. The molecule has 1 aliphatic heterocycles. The molecular formula is C26H29N5O2. The Morgan fingerprint density at radius 1 is 0.879 bits per heavy atom. The van der Waals surface area contributed by atoms with E-state index in [-0.39, 0.29) is 5.56 Å². The van der Waals surface area contributed by atoms with Gasteiger partial charge in [0.15, 0.2) is 0 Å². The third kappa shape index (κ3) is 4.54. The summed E-state index contributed by atoms with van der Waals surface area (Å²) >= 11 is 0. The van der Waals surface area contributed by atoms with Crippen molar-refractivity contribution < 1.29 is 4.74 Å². The number of hydrogen-bond acceptors (Lipinski definition) is 6. The Labute approximate surface area is 193 Å². The van der Waals surface area contributed by atoms with Crippen molar-refractivity contribution in [1.82, 2.24) is 19.4 Å². The molecule has 0 saturated carbocycles. The van der Waals surface area contributed by atoms with Gasteiger partial charge in [0, 0.05) is 50.0 Å². The largest absolute Gasteiger partial charge is 0.497 e. The van der Waals surface area contributed by atoms with Crippen molar-refractivity contribution in [2.75, 3.05) is 44.7 Å². The van der Waals surface area contributed by atoms with Crippen molar-refractivity contribution in [1.29, 1.82) is 0 Å². The van der Waals surface area contributed by atoms with Crippen LogP contribution in [0, 0.1) is 0 Å². The number of piperazine rings is 1. The maximum Gasteiger partial charge on any atom is 0.262 e. The number of rotatable bonds is 7. The standard InChI is InChI=1S/C26H29N5O2/c1-33-21-10-8-20(9-11-21)30-16-14-29(15-17-30)12-4-5-13-31-19-28-25-22-6-2-3-7-24(22)27-18-23(25)26(31)32/h2-3,6-11,18-19H,4-5,12-17H2,1H3. The number of nitrogens with zero attached hydrogens (tertiary/aromatic N) is 5. The molecule has 1 saturated heterocycles. The number of anilines is 1. The second kappa shape index (κ2) is 9.58. The molecule has 0 spiro atoms. The van der Waals surface area contributed by atoms with Crippen molar-refractivity contribution in [3.05, 3.63) is 71.4 Å². The van der Waals surface area contributed by atoms with E-state index in [4.69, 9.17) is 4.74 Å². The topological polar surface area (TPSA) is 63.5 Å². The third-order valence-electron chi connectivity index (χ3n) is 6.50. The number of methoxy groups -OCH3 is 1. The quantitative estimate of drug-likeness (QED) is 0.322. The normalized spacial score (nSPS) is 14.8. The average molecular weight is 444 g/mol. The fourth-order valence-corrected chi connectivity index (χ4v) is 4.56. The fraction of sp³-hybridized carbons (Fsp3) is 0.346. The highest BCUT2D eigenvalue weighted by molar-refractivity contribution is 6.02. The van der Waals surface area contributed by atoms with E-state index in [0.717, 1.165) is 67.7 Å². The summed E-state index contributed by atoms with van der Waals surface area (Å²) < 4.78 is 6.97. The molecule has 0 amide bonds. The van der Waals surface area contributed by atoms with Crippen LogP contribution in [0.5, 0.6) is 5.75 Å². The van der Waals surface area contributed by atoms with E-state index in [1.807, 2.05) is 36.4 Å². The minimum absolute atomic E-state index is 0.00800. The number of unbranched alkanes of at least 4 members (excludes halogenated alkanes) is 1. The SMILES string of the molecule is COc1ccc(N2CCN(CCCCn3cnc4c(cnc5ccccc54)c3=O)CC2)cc1. The van der Waals surface area contributed by atoms with E-state index in [9.17, 15) is 4.79 Å². The molecule has 0 aliphatic carbocycles. The van der Waals surface area contributed by atoms with Gasteiger partial charge in [-0.25, -0.2) is 4.98 Å². The number of fused-ring (bicyclic) bond motifs is 3. The Balaban J connectivity index is 1.13. The predicted molar refractivity (Wildman–Crippen MR) is 132 cm³/mol. The van der Waals surface area contributed by atoms with Gasteiger partial charge >= 0.3 is 0 Å². The fourth-order valence-electron chi connectivity index (χ4n) is 4.56. The van der Waals surface area contributed by atoms with Gasteiger partial charge in [-0.05, 0) is 49.7 Å². The van der Waals surface area contributed by atoms with Crippen LogP contribution >= 0.6 is 0 Å². The van der Waals surface area contributed by atoms with Crippen molar-refractivity contribution >= 4 is 27.5 Å². The Kier molecular flexibility index (Phi) is 6.21. The van der Waals surface area contributed by atoms with Crippen LogP contribution in [0.15, 0.2) is 65.8 Å². The Morgan fingerprint density at radius 3 is 2.42 bits per heavy atom. The highest BCUT2D eigenvalue weighted by atomic mass is 16.5. The lowest BCUT2D eigenvalue weighted by Gasteiger charge is -2.36. The third-order valence-corrected chi connectivity index (χ3v) is 6.50. The Bertz CT molecular complexity index is 1290. The van der Waals surface area contributed by atoms with Gasteiger partial charge in [0.1, 0.15) is 5.75 Å². The molecule has 0 radical (unpaired) electrons. The second-order valence-corrected chi connectivity index (χ2v) is 8.51. The van der Waals surface area contributed by atoms with E-state index in [2.05, 4.69) is 31.9 Å². The van der Waals surface area contributed by atoms with Crippen LogP contribution in [0.3, 0.4) is 0 Å². The van der Waals surface area contributed by atoms with Crippen LogP contribution in [-0.2, 0) is 6.54 Å². The van der Waals surface area contributed by atoms with Crippen molar-refractivity contribution in [3.63, 3.8) is 0 Å². The van der Waals surface area contributed by atoms with Crippen LogP contribution in [0.25, 0.3) is 21.8 Å². The van der Waals surface area contributed by atoms with Crippen LogP contribution in [0.4, 0.5) is 5.69 Å². The van der Waals surface area contributed by atoms with E-state index in [1.165, 1.54) is 5.69 Å². The van der Waals surface area contributed by atoms with Gasteiger partial charge < -0.3 is 9.64 Å². The molecular weight excluding hydrogens is 414 g/mol. The van der Waals surface area contributed by atoms with E-state index >= 15 is 0 Å². The number of para-hydroxylation sites is 1. The van der Waals surface area contributed by atoms with Gasteiger partial charge in [-0.3, -0.25) is 19.2 Å². The lowest BCUT2D eigenvalue weighted by atomic mass is 10.1. The molecule has 1 aliphatic rings. The van der Waals surface area contributed by atoms with Crippen LogP contribution in [0.1, 0.15) is 12.8 Å². The van der Waals surface area contributed by atoms with Gasteiger partial charge in [0.25, 0.3) is 5.56 Å². The summed E-state index contributed by atoms with van der Waals surface area (Å²) in [6, 6.07) is 16.1. The summed E-state index contributed by atoms with van der Waals surface area (Å²) in [5.74, 6) is 0.891. The molecule has 0 bridgehead atoms. The molecule has 0 atom stereocenters. The number of benzene rings is 2. The molecule has 3 heterocycles. The molecule has 0 N–H and O–H groups in total. The van der Waals surface area contributed by atoms with Crippen LogP contribution in [0.2, 0.25) is 0 Å². The number of hydrogen-bond donors (Lipinski definition) is 0. The first-order valence-corrected chi connectivity index (χ1v) is 11.6. The average Bonchev–Trinajstić information content (AvgIpc) is 2.88. The van der Waals surface area contributed by atoms with Crippen molar-refractivity contribution in [3.8, 4) is 5.75 Å². The zero-order chi connectivity index (χ0) is 22.6. The smallest absolute Gasteiger partial charge is 0.262 e. The minimum atomic E-state index is -0.00800. The molecule has 1 fully saturated rings. The molecule has 33 heavy (non-hydrogen) atoms. The summed E-state index contributed by atoms with van der Waals surface area (Å²) in [5, 5.41) is 1.51. The van der Waals surface area contributed by atoms with Crippen molar-refractivity contribution in [2.45, 2.75) is 19.4 Å². The lowest BCUT2D eigenvalue weighted by Crippen LogP contribution is -2.46. The lowest BCUT2D eigenvalue weighted by molar-refractivity contribution is 0.251. The molecule has 0 unspecified atom stereocenters. The summed E-state index contributed by atoms with van der Waals surface area (Å²) in [4.78, 5) is 26.9. The maximum atomic E-state index is 12.9. The monoisotopic (exact) mass is 443 g/mol. The van der Waals surface area contributed by atoms with Crippen molar-refractivity contribution in [2.24, 2.45) is 0 Å². The van der Waals surface area contributed by atoms with E-state index in [1.54, 1.807) is 24.2 Å². The number of pyridine rings is 1. The second-order valence-electron chi connectivity index (χ2n) is 8.51. The maximum absolute atomic E-state index is 12.9. The Hall–Kier alpha value is -3.45. The molecule has 4 aromatic rings. The zero-order valence-corrected chi connectivity index (χ0v) is 19.0. The van der Waals surface area contributed by atoms with Gasteiger partial charge in [-0.1, -0.05) is 18.2 Å². The Morgan fingerprint density at radius 2 is 1.64 bits per heavy atom. The van der Waals surface area contributed by atoms with Crippen LogP contribution in [-0.4, -0.2) is 59.3 Å². The van der Waals surface area contributed by atoms with Gasteiger partial charge in [0.05, 0.1) is 29.9 Å². The summed E-state index contributed by atoms with van der Waals surface area (Å²) in [5.41, 5.74) is 2.84. The highest BCUT2D eigenvalue weighted by Crippen LogP contribution is 2.21. The van der Waals surface area contributed by atoms with Gasteiger partial charge in [-0.2, -0.15) is 0 Å². The zero-order valence-electron chi connectivity index (χ0n) is 19.0. The first-order valence-electron chi connectivity index (χ1n) is 11.6. The molecule has 7 heteroatoms. The molecule has 2 aromatic heterocycles. The first-order chi connectivity index (χ1) is 16.2. The van der Waals surface area contributed by atoms with E-state index < -0.39 is 0 Å². The number of ether oxygens (including phenoxy) is 1. The summed E-state index contributed by atoms with van der Waals surface area (Å²) in [6.45, 7) is 5.91. The van der Waals surface area contributed by atoms with E-state index in [0.29, 0.717) is 11.9 Å². The highest BCUT2D eigenvalue weighted by Gasteiger charge is 2.17. The molecule has 7 nitrogen and oxygen atoms in total. The first kappa shape index (κ1) is 21.4. The van der Waals surface area contributed by atoms with Crippen LogP contribution < -0.4 is 15.2 Å². The van der Waals surface area contributed by atoms with Gasteiger partial charge in [-0.15, -0.1) is 0 Å².